The van der Waals surface area contributed by atoms with Gasteiger partial charge in [-0.3, -0.25) is 24.0 Å². The summed E-state index contributed by atoms with van der Waals surface area (Å²) in [5.74, 6) is -1.80. The van der Waals surface area contributed by atoms with Gasteiger partial charge in [-0.2, -0.15) is 0 Å². The van der Waals surface area contributed by atoms with Crippen LogP contribution in [0.15, 0.2) is 0 Å². The van der Waals surface area contributed by atoms with E-state index in [9.17, 15) is 24.0 Å². The fourth-order valence-electron chi connectivity index (χ4n) is 7.25. The molecule has 0 aliphatic rings. The molecule has 0 spiro atoms. The highest BCUT2D eigenvalue weighted by Crippen LogP contribution is 2.22. The lowest BCUT2D eigenvalue weighted by Gasteiger charge is -2.19. The number of carbonyl (C=O) groups is 5. The smallest absolute Gasteiger partial charge is 0.308 e. The minimum absolute atomic E-state index is 0.0654. The van der Waals surface area contributed by atoms with Crippen LogP contribution >= 0.6 is 0 Å². The van der Waals surface area contributed by atoms with Gasteiger partial charge in [-0.05, 0) is 65.5 Å². The summed E-state index contributed by atoms with van der Waals surface area (Å²) in [6.07, 6.45) is 28.2. The first kappa shape index (κ1) is 58.3. The van der Waals surface area contributed by atoms with Gasteiger partial charge in [0.25, 0.3) is 0 Å². The predicted molar refractivity (Wildman–Crippen MR) is 245 cm³/mol. The number of hydrogen-bond acceptors (Lipinski definition) is 11. The summed E-state index contributed by atoms with van der Waals surface area (Å²) in [4.78, 5) is 65.6. The molecule has 0 heterocycles. The van der Waals surface area contributed by atoms with Gasteiger partial charge in [-0.15, -0.1) is 0 Å². The monoisotopic (exact) mass is 868 g/mol. The van der Waals surface area contributed by atoms with Gasteiger partial charge in [0.2, 0.25) is 0 Å². The van der Waals surface area contributed by atoms with Crippen molar-refractivity contribution in [3.05, 3.63) is 0 Å². The predicted octanol–water partition coefficient (Wildman–Crippen LogP) is 12.0. The van der Waals surface area contributed by atoms with Crippen LogP contribution in [0.25, 0.3) is 0 Å². The standard InChI is InChI=1S/C50H93NO10/c1-7-11-15-19-21-25-33-43(31-23-17-13-9-3)49(55)57-39-29-27-35-46(52)59-41-45(42-60-47(53)37-38-51(5)6)61-48(54)36-28-30-40-58-50(56)44(32-24-18-14-10-4)34-26-22-20-16-12-8-2/h43-45H,7-42H2,1-6H3/t43?,44?,45-/m1/s1. The van der Waals surface area contributed by atoms with Crippen molar-refractivity contribution in [1.82, 2.24) is 4.90 Å². The van der Waals surface area contributed by atoms with Crippen molar-refractivity contribution in [1.29, 1.82) is 0 Å². The van der Waals surface area contributed by atoms with E-state index in [4.69, 9.17) is 23.7 Å². The van der Waals surface area contributed by atoms with Gasteiger partial charge in [0.15, 0.2) is 6.10 Å². The van der Waals surface area contributed by atoms with Crippen LogP contribution in [0.3, 0.4) is 0 Å². The maximum Gasteiger partial charge on any atom is 0.308 e. The van der Waals surface area contributed by atoms with Crippen LogP contribution in [0.1, 0.15) is 227 Å². The van der Waals surface area contributed by atoms with E-state index >= 15 is 0 Å². The van der Waals surface area contributed by atoms with Gasteiger partial charge < -0.3 is 28.6 Å². The Kier molecular flexibility index (Phi) is 40.7. The molecular weight excluding hydrogens is 775 g/mol. The number of unbranched alkanes of at least 4 members (excludes halogenated alkanes) is 18. The Hall–Kier alpha value is -2.69. The van der Waals surface area contributed by atoms with Crippen LogP contribution in [0.4, 0.5) is 0 Å². The summed E-state index contributed by atoms with van der Waals surface area (Å²) in [6.45, 7) is 9.34. The van der Waals surface area contributed by atoms with E-state index in [0.29, 0.717) is 32.2 Å². The molecule has 0 aromatic heterocycles. The topological polar surface area (TPSA) is 135 Å². The van der Waals surface area contributed by atoms with E-state index in [0.717, 1.165) is 89.9 Å². The van der Waals surface area contributed by atoms with Gasteiger partial charge in [-0.25, -0.2) is 0 Å². The Morgan fingerprint density at radius 1 is 0.393 bits per heavy atom. The Morgan fingerprint density at radius 2 is 0.738 bits per heavy atom. The number of ether oxygens (including phenoxy) is 5. The molecule has 0 amide bonds. The van der Waals surface area contributed by atoms with E-state index in [1.807, 2.05) is 19.0 Å². The number of nitrogens with zero attached hydrogens (tertiary/aromatic N) is 1. The van der Waals surface area contributed by atoms with Gasteiger partial charge in [0.05, 0.1) is 31.5 Å². The van der Waals surface area contributed by atoms with Gasteiger partial charge in [0.1, 0.15) is 13.2 Å². The summed E-state index contributed by atoms with van der Waals surface area (Å²) in [6, 6.07) is 0. The molecule has 0 aromatic carbocycles. The summed E-state index contributed by atoms with van der Waals surface area (Å²) < 4.78 is 27.8. The summed E-state index contributed by atoms with van der Waals surface area (Å²) >= 11 is 0. The highest BCUT2D eigenvalue weighted by molar-refractivity contribution is 5.73. The van der Waals surface area contributed by atoms with Gasteiger partial charge in [0, 0.05) is 19.4 Å². The molecule has 61 heavy (non-hydrogen) atoms. The van der Waals surface area contributed by atoms with Crippen LogP contribution < -0.4 is 0 Å². The third-order valence-corrected chi connectivity index (χ3v) is 11.3. The molecule has 0 aromatic rings. The van der Waals surface area contributed by atoms with E-state index < -0.39 is 24.0 Å². The molecule has 0 radical (unpaired) electrons. The van der Waals surface area contributed by atoms with Gasteiger partial charge in [-0.1, -0.05) is 156 Å². The zero-order valence-electron chi connectivity index (χ0n) is 40.2. The minimum atomic E-state index is -0.949. The maximum atomic E-state index is 13.0. The largest absolute Gasteiger partial charge is 0.465 e. The number of carbonyl (C=O) groups excluding carboxylic acids is 5. The summed E-state index contributed by atoms with van der Waals surface area (Å²) in [5, 5.41) is 0. The first-order chi connectivity index (χ1) is 29.6. The molecule has 0 rings (SSSR count). The second-order valence-electron chi connectivity index (χ2n) is 17.5. The van der Waals surface area contributed by atoms with Crippen molar-refractivity contribution >= 4 is 29.8 Å². The lowest BCUT2D eigenvalue weighted by molar-refractivity contribution is -0.167. The molecule has 0 aliphatic heterocycles. The van der Waals surface area contributed by atoms with Crippen molar-refractivity contribution in [3.8, 4) is 0 Å². The molecule has 0 saturated carbocycles. The zero-order valence-corrected chi connectivity index (χ0v) is 40.2. The second kappa shape index (κ2) is 42.6. The SMILES string of the molecule is CCCCCCCCC(CCCCCC)C(=O)OCCCCC(=O)OC[C@H](COC(=O)CCN(C)C)OC(=O)CCCCOC(=O)C(CCCCCC)CCCCCCCC. The average molecular weight is 868 g/mol. The lowest BCUT2D eigenvalue weighted by atomic mass is 9.94. The van der Waals surface area contributed by atoms with Crippen LogP contribution in [-0.2, 0) is 47.7 Å². The second-order valence-corrected chi connectivity index (χ2v) is 17.5. The van der Waals surface area contributed by atoms with Crippen LogP contribution in [0.2, 0.25) is 0 Å². The van der Waals surface area contributed by atoms with E-state index in [-0.39, 0.29) is 69.5 Å². The first-order valence-corrected chi connectivity index (χ1v) is 25.1. The normalized spacial score (nSPS) is 12.8. The molecule has 0 bridgehead atoms. The quantitative estimate of drug-likeness (QED) is 0.0329. The van der Waals surface area contributed by atoms with Crippen molar-refractivity contribution < 1.29 is 47.7 Å². The summed E-state index contributed by atoms with van der Waals surface area (Å²) in [7, 11) is 3.71. The van der Waals surface area contributed by atoms with E-state index in [1.54, 1.807) is 0 Å². The number of rotatable bonds is 44. The molecule has 0 saturated heterocycles. The fourth-order valence-corrected chi connectivity index (χ4v) is 7.25. The van der Waals surface area contributed by atoms with Crippen molar-refractivity contribution in [2.45, 2.75) is 233 Å². The molecule has 2 unspecified atom stereocenters. The van der Waals surface area contributed by atoms with Crippen LogP contribution in [-0.4, -0.2) is 87.9 Å². The Balaban J connectivity index is 4.85. The molecule has 11 nitrogen and oxygen atoms in total. The molecular formula is C50H93NO10. The minimum Gasteiger partial charge on any atom is -0.465 e. The van der Waals surface area contributed by atoms with Gasteiger partial charge >= 0.3 is 29.8 Å². The highest BCUT2D eigenvalue weighted by atomic mass is 16.6. The summed E-state index contributed by atoms with van der Waals surface area (Å²) in [5.41, 5.74) is 0. The molecule has 0 fully saturated rings. The third kappa shape index (κ3) is 37.6. The molecule has 3 atom stereocenters. The van der Waals surface area contributed by atoms with Crippen LogP contribution in [0, 0.1) is 11.8 Å². The third-order valence-electron chi connectivity index (χ3n) is 11.3. The van der Waals surface area contributed by atoms with Crippen molar-refractivity contribution in [3.63, 3.8) is 0 Å². The number of hydrogen-bond donors (Lipinski definition) is 0. The Morgan fingerprint density at radius 3 is 1.13 bits per heavy atom. The van der Waals surface area contributed by atoms with E-state index in [1.165, 1.54) is 64.2 Å². The average Bonchev–Trinajstić information content (AvgIpc) is 3.24. The molecule has 358 valence electrons. The fraction of sp³-hybridized carbons (Fsp3) is 0.900. The molecule has 11 heteroatoms. The lowest BCUT2D eigenvalue weighted by Crippen LogP contribution is -2.31. The van der Waals surface area contributed by atoms with Crippen molar-refractivity contribution in [2.24, 2.45) is 11.8 Å². The Bertz CT molecular complexity index is 1080. The van der Waals surface area contributed by atoms with E-state index in [2.05, 4.69) is 27.7 Å². The van der Waals surface area contributed by atoms with Crippen molar-refractivity contribution in [2.75, 3.05) is 47.1 Å². The first-order valence-electron chi connectivity index (χ1n) is 25.1. The number of esters is 5. The highest BCUT2D eigenvalue weighted by Gasteiger charge is 2.22. The molecule has 0 aliphatic carbocycles. The maximum absolute atomic E-state index is 13.0. The Labute approximate surface area is 373 Å². The van der Waals surface area contributed by atoms with Crippen LogP contribution in [0.5, 0.6) is 0 Å². The zero-order chi connectivity index (χ0) is 45.2. The molecule has 0 N–H and O–H groups in total.